The number of hydrogen-bond acceptors (Lipinski definition) is 2. The van der Waals surface area contributed by atoms with Crippen molar-refractivity contribution in [2.75, 3.05) is 0 Å². The van der Waals surface area contributed by atoms with Crippen LogP contribution in [0, 0.1) is 0 Å². The van der Waals surface area contributed by atoms with Gasteiger partial charge in [0.2, 0.25) is 0 Å². The molecule has 1 fully saturated rings. The van der Waals surface area contributed by atoms with Crippen molar-refractivity contribution < 1.29 is 9.31 Å². The van der Waals surface area contributed by atoms with Gasteiger partial charge in [0, 0.05) is 5.31 Å². The van der Waals surface area contributed by atoms with E-state index in [9.17, 15) is 0 Å². The molecule has 0 aliphatic carbocycles. The molecule has 1 heterocycles. The van der Waals surface area contributed by atoms with Crippen LogP contribution in [0.15, 0.2) is 66.7 Å². The largest absolute Gasteiger partial charge is 0.473 e. The first-order valence-corrected chi connectivity index (χ1v) is 9.46. The molecule has 0 spiro atoms. The van der Waals surface area contributed by atoms with E-state index in [-0.39, 0.29) is 23.6 Å². The van der Waals surface area contributed by atoms with Gasteiger partial charge < -0.3 is 9.31 Å². The molecule has 0 N–H and O–H groups in total. The van der Waals surface area contributed by atoms with Gasteiger partial charge in [0.1, 0.15) is 0 Å². The van der Waals surface area contributed by atoms with Crippen molar-refractivity contribution in [3.05, 3.63) is 77.9 Å². The molecule has 0 aromatic heterocycles. The molecule has 2 nitrogen and oxygen atoms in total. The third-order valence-electron chi connectivity index (χ3n) is 5.94. The van der Waals surface area contributed by atoms with Crippen LogP contribution in [-0.4, -0.2) is 18.3 Å². The van der Waals surface area contributed by atoms with Gasteiger partial charge in [0.25, 0.3) is 0 Å². The lowest BCUT2D eigenvalue weighted by molar-refractivity contribution is 0.00578. The Labute approximate surface area is 158 Å². The summed E-state index contributed by atoms with van der Waals surface area (Å²) in [4.78, 5) is 0. The zero-order valence-electron chi connectivity index (χ0n) is 16.5. The maximum Gasteiger partial charge on any atom is 0.473 e. The Kier molecular flexibility index (Phi) is 5.14. The smallest absolute Gasteiger partial charge is 0.402 e. The normalized spacial score (nSPS) is 21.0. The lowest BCUT2D eigenvalue weighted by Crippen LogP contribution is -2.44. The van der Waals surface area contributed by atoms with E-state index in [4.69, 9.17) is 9.31 Å². The van der Waals surface area contributed by atoms with Crippen LogP contribution in [0.5, 0.6) is 0 Å². The zero-order valence-corrected chi connectivity index (χ0v) is 16.5. The molecular formula is C23H29BO2. The fourth-order valence-electron chi connectivity index (χ4n) is 3.41. The van der Waals surface area contributed by atoms with Crippen LogP contribution in [0.2, 0.25) is 0 Å². The number of hydrogen-bond donors (Lipinski definition) is 0. The topological polar surface area (TPSA) is 18.5 Å². The Bertz CT molecular complexity index is 736. The molecule has 3 rings (SSSR count). The molecule has 3 heteroatoms. The third-order valence-corrected chi connectivity index (χ3v) is 5.94. The molecule has 26 heavy (non-hydrogen) atoms. The maximum atomic E-state index is 6.49. The van der Waals surface area contributed by atoms with Crippen LogP contribution in [0.3, 0.4) is 0 Å². The van der Waals surface area contributed by atoms with Crippen molar-refractivity contribution in [1.29, 1.82) is 0 Å². The Morgan fingerprint density at radius 2 is 1.35 bits per heavy atom. The van der Waals surface area contributed by atoms with Gasteiger partial charge in [-0.2, -0.15) is 0 Å². The second kappa shape index (κ2) is 7.05. The monoisotopic (exact) mass is 348 g/mol. The van der Waals surface area contributed by atoms with Gasteiger partial charge in [0.15, 0.2) is 0 Å². The van der Waals surface area contributed by atoms with E-state index >= 15 is 0 Å². The minimum absolute atomic E-state index is 0.333. The minimum Gasteiger partial charge on any atom is -0.402 e. The first-order chi connectivity index (χ1) is 12.3. The summed E-state index contributed by atoms with van der Waals surface area (Å²) < 4.78 is 13.0. The van der Waals surface area contributed by atoms with E-state index in [0.717, 1.165) is 6.42 Å². The van der Waals surface area contributed by atoms with Gasteiger partial charge in [-0.15, -0.1) is 0 Å². The van der Waals surface area contributed by atoms with Gasteiger partial charge in [-0.25, -0.2) is 0 Å². The molecular weight excluding hydrogens is 319 g/mol. The first kappa shape index (κ1) is 18.9. The quantitative estimate of drug-likeness (QED) is 0.647. The number of benzene rings is 2. The molecule has 0 amide bonds. The summed E-state index contributed by atoms with van der Waals surface area (Å²) in [5, 5.41) is -0.345. The molecule has 2 aromatic carbocycles. The fraction of sp³-hybridized carbons (Fsp3) is 0.391. The van der Waals surface area contributed by atoms with Gasteiger partial charge in [0.05, 0.1) is 11.2 Å². The summed E-state index contributed by atoms with van der Waals surface area (Å²) in [6, 6.07) is 21.0. The molecule has 0 bridgehead atoms. The van der Waals surface area contributed by atoms with Gasteiger partial charge in [-0.3, -0.25) is 0 Å². The second-order valence-electron chi connectivity index (χ2n) is 8.09. The molecule has 136 valence electrons. The first-order valence-electron chi connectivity index (χ1n) is 9.46. The van der Waals surface area contributed by atoms with E-state index in [1.165, 1.54) is 11.1 Å². The summed E-state index contributed by atoms with van der Waals surface area (Å²) in [6.07, 6.45) is 5.33. The second-order valence-corrected chi connectivity index (χ2v) is 8.09. The highest BCUT2D eigenvalue weighted by Gasteiger charge is 2.58. The highest BCUT2D eigenvalue weighted by atomic mass is 16.7. The van der Waals surface area contributed by atoms with Gasteiger partial charge in [-0.05, 0) is 45.2 Å². The van der Waals surface area contributed by atoms with E-state index < -0.39 is 0 Å². The van der Waals surface area contributed by atoms with E-state index in [0.29, 0.717) is 0 Å². The standard InChI is InChI=1S/C23H29BO2/c1-6-23(20-15-11-8-12-16-20,18-17-19-13-9-7-10-14-19)24-25-21(2,3)22(4,5)26-24/h7-18H,6H2,1-5H3/b18-17+/t23-/m1/s1. The van der Waals surface area contributed by atoms with E-state index in [1.54, 1.807) is 0 Å². The Morgan fingerprint density at radius 3 is 1.85 bits per heavy atom. The van der Waals surface area contributed by atoms with Gasteiger partial charge in [-0.1, -0.05) is 79.7 Å². The van der Waals surface area contributed by atoms with Crippen LogP contribution in [0.4, 0.5) is 0 Å². The van der Waals surface area contributed by atoms with Crippen LogP contribution in [-0.2, 0) is 14.6 Å². The molecule has 1 aliphatic heterocycles. The van der Waals surface area contributed by atoms with Crippen molar-refractivity contribution in [3.63, 3.8) is 0 Å². The Morgan fingerprint density at radius 1 is 0.846 bits per heavy atom. The Hall–Kier alpha value is -1.84. The lowest BCUT2D eigenvalue weighted by atomic mass is 9.52. The molecule has 0 saturated carbocycles. The summed E-state index contributed by atoms with van der Waals surface area (Å²) >= 11 is 0. The maximum absolute atomic E-state index is 6.49. The van der Waals surface area contributed by atoms with Crippen LogP contribution < -0.4 is 0 Å². The number of rotatable bonds is 5. The molecule has 1 aliphatic rings. The van der Waals surface area contributed by atoms with Crippen molar-refractivity contribution in [2.24, 2.45) is 0 Å². The fourth-order valence-corrected chi connectivity index (χ4v) is 3.41. The molecule has 0 unspecified atom stereocenters. The SMILES string of the molecule is CC[C@](/C=C/c1ccccc1)(B1OC(C)(C)C(C)(C)O1)c1ccccc1. The van der Waals surface area contributed by atoms with Crippen molar-refractivity contribution in [1.82, 2.24) is 0 Å². The van der Waals surface area contributed by atoms with Crippen LogP contribution >= 0.6 is 0 Å². The summed E-state index contributed by atoms with van der Waals surface area (Å²) in [5.41, 5.74) is 1.69. The zero-order chi connectivity index (χ0) is 18.8. The molecule has 2 aromatic rings. The summed E-state index contributed by atoms with van der Waals surface area (Å²) in [6.45, 7) is 10.6. The minimum atomic E-state index is -0.354. The van der Waals surface area contributed by atoms with Crippen molar-refractivity contribution in [3.8, 4) is 0 Å². The lowest BCUT2D eigenvalue weighted by Gasteiger charge is -2.32. The van der Waals surface area contributed by atoms with Crippen LogP contribution in [0.25, 0.3) is 6.08 Å². The molecule has 1 atom stereocenters. The predicted octanol–water partition coefficient (Wildman–Crippen LogP) is 5.68. The van der Waals surface area contributed by atoms with Crippen molar-refractivity contribution in [2.45, 2.75) is 57.6 Å². The average molecular weight is 348 g/mol. The highest BCUT2D eigenvalue weighted by Crippen LogP contribution is 2.45. The highest BCUT2D eigenvalue weighted by molar-refractivity contribution is 6.50. The average Bonchev–Trinajstić information content (AvgIpc) is 2.85. The van der Waals surface area contributed by atoms with E-state index in [1.807, 2.05) is 6.07 Å². The molecule has 1 saturated heterocycles. The Balaban J connectivity index is 2.06. The molecule has 0 radical (unpaired) electrons. The van der Waals surface area contributed by atoms with Crippen molar-refractivity contribution >= 4 is 13.2 Å². The third kappa shape index (κ3) is 3.38. The predicted molar refractivity (Wildman–Crippen MR) is 110 cm³/mol. The number of allylic oxidation sites excluding steroid dienone is 1. The summed E-state index contributed by atoms with van der Waals surface area (Å²) in [5.74, 6) is 0. The summed E-state index contributed by atoms with van der Waals surface area (Å²) in [7, 11) is -0.333. The van der Waals surface area contributed by atoms with E-state index in [2.05, 4.69) is 101 Å². The van der Waals surface area contributed by atoms with Crippen LogP contribution in [0.1, 0.15) is 52.2 Å². The van der Waals surface area contributed by atoms with Gasteiger partial charge >= 0.3 is 7.12 Å².